The molecule has 7 heteroatoms. The monoisotopic (exact) mass is 350 g/mol. The van der Waals surface area contributed by atoms with Crippen molar-refractivity contribution in [1.29, 1.82) is 0 Å². The van der Waals surface area contributed by atoms with Gasteiger partial charge >= 0.3 is 0 Å². The molecule has 2 aliphatic heterocycles. The summed E-state index contributed by atoms with van der Waals surface area (Å²) in [6, 6.07) is 6.26. The van der Waals surface area contributed by atoms with Crippen LogP contribution in [0, 0.1) is 11.2 Å². The molecule has 0 saturated carbocycles. The van der Waals surface area contributed by atoms with E-state index in [1.54, 1.807) is 12.1 Å². The summed E-state index contributed by atoms with van der Waals surface area (Å²) in [5.41, 5.74) is 0.820. The molecule has 0 aliphatic carbocycles. The number of amides is 1. The maximum absolute atomic E-state index is 13.4. The molecule has 3 rings (SSSR count). The van der Waals surface area contributed by atoms with Crippen LogP contribution >= 0.6 is 0 Å². The highest BCUT2D eigenvalue weighted by atomic mass is 19.1. The second kappa shape index (κ2) is 7.93. The van der Waals surface area contributed by atoms with Gasteiger partial charge in [-0.05, 0) is 25.0 Å². The summed E-state index contributed by atoms with van der Waals surface area (Å²) in [4.78, 5) is 18.2. The van der Waals surface area contributed by atoms with Gasteiger partial charge in [0.1, 0.15) is 11.9 Å². The van der Waals surface area contributed by atoms with Crippen LogP contribution < -0.4 is 5.32 Å². The maximum Gasteiger partial charge on any atom is 0.226 e. The summed E-state index contributed by atoms with van der Waals surface area (Å²) in [5, 5.41) is 15.8. The number of halogens is 1. The number of benzene rings is 1. The van der Waals surface area contributed by atoms with E-state index in [-0.39, 0.29) is 31.0 Å². The van der Waals surface area contributed by atoms with Crippen LogP contribution in [0.4, 0.5) is 4.39 Å². The number of carbonyl (C=O) groups excluding carboxylic acids is 1. The van der Waals surface area contributed by atoms with E-state index in [0.29, 0.717) is 50.2 Å². The Hall–Kier alpha value is -1.99. The third-order valence-electron chi connectivity index (χ3n) is 4.84. The fourth-order valence-electron chi connectivity index (χ4n) is 3.46. The van der Waals surface area contributed by atoms with Gasteiger partial charge < -0.3 is 20.0 Å². The van der Waals surface area contributed by atoms with Gasteiger partial charge in [-0.3, -0.25) is 4.79 Å². The fraction of sp³-hybridized carbons (Fsp3) is 0.556. The van der Waals surface area contributed by atoms with Gasteiger partial charge in [-0.15, -0.1) is 0 Å². The molecule has 25 heavy (non-hydrogen) atoms. The molecule has 0 spiro atoms. The average Bonchev–Trinajstić information content (AvgIpc) is 3.08. The van der Waals surface area contributed by atoms with E-state index in [2.05, 4.69) is 10.5 Å². The highest BCUT2D eigenvalue weighted by Gasteiger charge is 2.43. The van der Waals surface area contributed by atoms with E-state index in [0.717, 1.165) is 0 Å². The number of ether oxygens (including phenoxy) is 1. The maximum atomic E-state index is 13.4. The number of nitrogens with zero attached hydrogens (tertiary/aromatic N) is 1. The molecule has 0 radical (unpaired) electrons. The number of carbonyl (C=O) groups is 1. The zero-order valence-corrected chi connectivity index (χ0v) is 14.0. The van der Waals surface area contributed by atoms with Crippen molar-refractivity contribution < 1.29 is 23.9 Å². The van der Waals surface area contributed by atoms with E-state index < -0.39 is 5.41 Å². The van der Waals surface area contributed by atoms with Crippen LogP contribution in [0.2, 0.25) is 0 Å². The highest BCUT2D eigenvalue weighted by molar-refractivity contribution is 6.01. The molecular weight excluding hydrogens is 327 g/mol. The molecule has 1 aromatic carbocycles. The minimum Gasteiger partial charge on any atom is -0.395 e. The lowest BCUT2D eigenvalue weighted by molar-refractivity contribution is -0.140. The molecule has 136 valence electrons. The Bertz CT molecular complexity index is 644. The van der Waals surface area contributed by atoms with Gasteiger partial charge in [-0.25, -0.2) is 4.39 Å². The van der Waals surface area contributed by atoms with E-state index in [4.69, 9.17) is 14.7 Å². The standard InChI is InChI=1S/C18H23FN2O4/c19-14-3-1-2-13(10-14)16-11-15(25-21-16)12-18(4-8-24-9-5-18)17(23)20-6-7-22/h1-3,10,15,22H,4-9,11-12H2,(H,20,23)/t15-/m0/s1. The zero-order chi connectivity index (χ0) is 17.7. The van der Waals surface area contributed by atoms with Crippen molar-refractivity contribution in [1.82, 2.24) is 5.32 Å². The van der Waals surface area contributed by atoms with Crippen LogP contribution in [0.15, 0.2) is 29.4 Å². The summed E-state index contributed by atoms with van der Waals surface area (Å²) in [5.74, 6) is -0.388. The Morgan fingerprint density at radius 2 is 2.20 bits per heavy atom. The molecule has 6 nitrogen and oxygen atoms in total. The number of rotatable bonds is 6. The zero-order valence-electron chi connectivity index (χ0n) is 14.0. The number of nitrogens with one attached hydrogen (secondary N) is 1. The molecule has 0 unspecified atom stereocenters. The lowest BCUT2D eigenvalue weighted by Gasteiger charge is -2.36. The predicted molar refractivity (Wildman–Crippen MR) is 89.6 cm³/mol. The molecule has 0 bridgehead atoms. The molecular formula is C18H23FN2O4. The highest BCUT2D eigenvalue weighted by Crippen LogP contribution is 2.38. The summed E-state index contributed by atoms with van der Waals surface area (Å²) in [6.07, 6.45) is 2.06. The topological polar surface area (TPSA) is 80.2 Å². The first-order valence-electron chi connectivity index (χ1n) is 8.58. The average molecular weight is 350 g/mol. The third kappa shape index (κ3) is 4.16. The number of aliphatic hydroxyl groups excluding tert-OH is 1. The molecule has 1 amide bonds. The molecule has 2 heterocycles. The largest absolute Gasteiger partial charge is 0.395 e. The van der Waals surface area contributed by atoms with Gasteiger partial charge in [-0.2, -0.15) is 0 Å². The molecule has 1 saturated heterocycles. The normalized spacial score (nSPS) is 22.2. The molecule has 1 atom stereocenters. The predicted octanol–water partition coefficient (Wildman–Crippen LogP) is 1.61. The summed E-state index contributed by atoms with van der Waals surface area (Å²) in [7, 11) is 0. The number of oxime groups is 1. The number of hydrogen-bond acceptors (Lipinski definition) is 5. The minimum atomic E-state index is -0.578. The van der Waals surface area contributed by atoms with Crippen LogP contribution in [0.5, 0.6) is 0 Å². The molecule has 2 aliphatic rings. The van der Waals surface area contributed by atoms with Gasteiger partial charge in [0.15, 0.2) is 0 Å². The summed E-state index contributed by atoms with van der Waals surface area (Å²) >= 11 is 0. The Morgan fingerprint density at radius 3 is 2.92 bits per heavy atom. The van der Waals surface area contributed by atoms with Crippen LogP contribution in [0.3, 0.4) is 0 Å². The molecule has 1 fully saturated rings. The Labute approximate surface area is 146 Å². The first-order valence-corrected chi connectivity index (χ1v) is 8.58. The van der Waals surface area contributed by atoms with E-state index in [1.165, 1.54) is 12.1 Å². The minimum absolute atomic E-state index is 0.0762. The van der Waals surface area contributed by atoms with Gasteiger partial charge in [0.25, 0.3) is 0 Å². The number of hydrogen-bond donors (Lipinski definition) is 2. The second-order valence-corrected chi connectivity index (χ2v) is 6.56. The quantitative estimate of drug-likeness (QED) is 0.817. The van der Waals surface area contributed by atoms with E-state index >= 15 is 0 Å². The lowest BCUT2D eigenvalue weighted by atomic mass is 9.74. The number of aliphatic hydroxyl groups is 1. The van der Waals surface area contributed by atoms with Gasteiger partial charge in [-0.1, -0.05) is 17.3 Å². The lowest BCUT2D eigenvalue weighted by Crippen LogP contribution is -2.47. The van der Waals surface area contributed by atoms with Gasteiger partial charge in [0.2, 0.25) is 5.91 Å². The first kappa shape index (κ1) is 17.8. The Morgan fingerprint density at radius 1 is 1.40 bits per heavy atom. The van der Waals surface area contributed by atoms with Crippen molar-refractivity contribution >= 4 is 11.6 Å². The Balaban J connectivity index is 1.66. The van der Waals surface area contributed by atoms with E-state index in [1.807, 2.05) is 0 Å². The van der Waals surface area contributed by atoms with Crippen molar-refractivity contribution in [2.45, 2.75) is 31.8 Å². The van der Waals surface area contributed by atoms with Crippen molar-refractivity contribution in [3.8, 4) is 0 Å². The SMILES string of the molecule is O=C(NCCO)C1(C[C@@H]2CC(c3cccc(F)c3)=NO2)CCOCC1. The Kier molecular flexibility index (Phi) is 5.65. The third-order valence-corrected chi connectivity index (χ3v) is 4.84. The second-order valence-electron chi connectivity index (χ2n) is 6.56. The van der Waals surface area contributed by atoms with Gasteiger partial charge in [0, 0.05) is 38.2 Å². The van der Waals surface area contributed by atoms with Crippen LogP contribution in [-0.4, -0.2) is 49.2 Å². The molecule has 0 aromatic heterocycles. The molecule has 1 aromatic rings. The van der Waals surface area contributed by atoms with Gasteiger partial charge in [0.05, 0.1) is 17.7 Å². The van der Waals surface area contributed by atoms with Crippen LogP contribution in [0.25, 0.3) is 0 Å². The van der Waals surface area contributed by atoms with Crippen molar-refractivity contribution in [3.63, 3.8) is 0 Å². The van der Waals surface area contributed by atoms with E-state index in [9.17, 15) is 9.18 Å². The smallest absolute Gasteiger partial charge is 0.226 e. The van der Waals surface area contributed by atoms with Crippen molar-refractivity contribution in [3.05, 3.63) is 35.6 Å². The molecule has 2 N–H and O–H groups in total. The van der Waals surface area contributed by atoms with Crippen molar-refractivity contribution in [2.75, 3.05) is 26.4 Å². The van der Waals surface area contributed by atoms with Crippen LogP contribution in [-0.2, 0) is 14.4 Å². The summed E-state index contributed by atoms with van der Waals surface area (Å²) in [6.45, 7) is 1.19. The first-order chi connectivity index (χ1) is 12.1. The fourth-order valence-corrected chi connectivity index (χ4v) is 3.46. The van der Waals surface area contributed by atoms with Crippen molar-refractivity contribution in [2.24, 2.45) is 10.6 Å². The van der Waals surface area contributed by atoms with Crippen LogP contribution in [0.1, 0.15) is 31.2 Å². The summed E-state index contributed by atoms with van der Waals surface area (Å²) < 4.78 is 18.8.